The molecule has 0 unspecified atom stereocenters. The zero-order valence-corrected chi connectivity index (χ0v) is 13.5. The van der Waals surface area contributed by atoms with Gasteiger partial charge in [-0.2, -0.15) is 0 Å². The molecule has 0 aliphatic rings. The largest absolute Gasteiger partial charge is 0.350 e. The van der Waals surface area contributed by atoms with Gasteiger partial charge in [0.15, 0.2) is 0 Å². The molecule has 0 heterocycles. The van der Waals surface area contributed by atoms with Gasteiger partial charge in [-0.1, -0.05) is 26.7 Å². The van der Waals surface area contributed by atoms with Crippen LogP contribution in [-0.2, 0) is 0 Å². The van der Waals surface area contributed by atoms with Crippen LogP contribution in [0.4, 0.5) is 0 Å². The van der Waals surface area contributed by atoms with Crippen molar-refractivity contribution in [2.24, 2.45) is 5.92 Å². The van der Waals surface area contributed by atoms with E-state index in [1.807, 2.05) is 24.3 Å². The Hall–Kier alpha value is -0.580. The summed E-state index contributed by atoms with van der Waals surface area (Å²) in [6.07, 6.45) is 3.45. The van der Waals surface area contributed by atoms with Crippen LogP contribution >= 0.6 is 22.6 Å². The zero-order valence-electron chi connectivity index (χ0n) is 11.4. The molecule has 0 spiro atoms. The molecule has 0 bridgehead atoms. The number of hydrogen-bond acceptors (Lipinski definition) is 1. The van der Waals surface area contributed by atoms with Gasteiger partial charge >= 0.3 is 0 Å². The maximum atomic E-state index is 11.9. The van der Waals surface area contributed by atoms with E-state index in [1.54, 1.807) is 0 Å². The lowest BCUT2D eigenvalue weighted by atomic mass is 10.0. The Morgan fingerprint density at radius 3 is 2.33 bits per heavy atom. The first-order valence-electron chi connectivity index (χ1n) is 6.55. The molecule has 3 heteroatoms. The summed E-state index contributed by atoms with van der Waals surface area (Å²) in [5.41, 5.74) is 0.742. The third kappa shape index (κ3) is 5.85. The van der Waals surface area contributed by atoms with Gasteiger partial charge in [-0.25, -0.2) is 0 Å². The van der Waals surface area contributed by atoms with Crippen molar-refractivity contribution in [1.82, 2.24) is 5.32 Å². The SMILES string of the molecule is CC(C)CCC[C@@H](C)NC(=O)c1ccc(I)cc1. The normalized spacial score (nSPS) is 12.5. The molecule has 0 radical (unpaired) electrons. The molecule has 2 nitrogen and oxygen atoms in total. The number of nitrogens with one attached hydrogen (secondary N) is 1. The summed E-state index contributed by atoms with van der Waals surface area (Å²) in [6, 6.07) is 7.91. The first-order chi connectivity index (χ1) is 8.49. The van der Waals surface area contributed by atoms with E-state index in [4.69, 9.17) is 0 Å². The quantitative estimate of drug-likeness (QED) is 0.757. The smallest absolute Gasteiger partial charge is 0.251 e. The van der Waals surface area contributed by atoms with Gasteiger partial charge in [0, 0.05) is 15.2 Å². The highest BCUT2D eigenvalue weighted by molar-refractivity contribution is 14.1. The fourth-order valence-corrected chi connectivity index (χ4v) is 2.17. The third-order valence-electron chi connectivity index (χ3n) is 2.90. The minimum atomic E-state index is 0.0310. The van der Waals surface area contributed by atoms with Crippen molar-refractivity contribution < 1.29 is 4.79 Å². The van der Waals surface area contributed by atoms with E-state index in [-0.39, 0.29) is 11.9 Å². The predicted molar refractivity (Wildman–Crippen MR) is 84.8 cm³/mol. The van der Waals surface area contributed by atoms with Gasteiger partial charge in [-0.05, 0) is 66.1 Å². The van der Waals surface area contributed by atoms with Gasteiger partial charge in [-0.3, -0.25) is 4.79 Å². The third-order valence-corrected chi connectivity index (χ3v) is 3.62. The van der Waals surface area contributed by atoms with Crippen molar-refractivity contribution >= 4 is 28.5 Å². The number of amides is 1. The second-order valence-corrected chi connectivity index (χ2v) is 6.45. The number of rotatable bonds is 6. The Kier molecular flexibility index (Phi) is 6.68. The van der Waals surface area contributed by atoms with Gasteiger partial charge in [0.1, 0.15) is 0 Å². The molecule has 0 saturated heterocycles. The number of hydrogen-bond donors (Lipinski definition) is 1. The van der Waals surface area contributed by atoms with Crippen molar-refractivity contribution in [1.29, 1.82) is 0 Å². The van der Waals surface area contributed by atoms with Gasteiger partial charge in [0.2, 0.25) is 0 Å². The molecule has 1 aromatic rings. The minimum absolute atomic E-state index is 0.0310. The van der Waals surface area contributed by atoms with Gasteiger partial charge in [-0.15, -0.1) is 0 Å². The van der Waals surface area contributed by atoms with E-state index in [2.05, 4.69) is 48.7 Å². The summed E-state index contributed by atoms with van der Waals surface area (Å²) >= 11 is 2.24. The van der Waals surface area contributed by atoms with Crippen LogP contribution in [0, 0.1) is 9.49 Å². The van der Waals surface area contributed by atoms with Crippen LogP contribution in [0.3, 0.4) is 0 Å². The Morgan fingerprint density at radius 1 is 1.17 bits per heavy atom. The standard InChI is InChI=1S/C15H22INO/c1-11(2)5-4-6-12(3)17-15(18)13-7-9-14(16)10-8-13/h7-12H,4-6H2,1-3H3,(H,17,18)/t12-/m1/s1. The van der Waals surface area contributed by atoms with Crippen molar-refractivity contribution in [3.05, 3.63) is 33.4 Å². The molecule has 1 rings (SSSR count). The zero-order chi connectivity index (χ0) is 13.5. The monoisotopic (exact) mass is 359 g/mol. The van der Waals surface area contributed by atoms with E-state index < -0.39 is 0 Å². The molecule has 0 aromatic heterocycles. The van der Waals surface area contributed by atoms with Crippen molar-refractivity contribution in [3.8, 4) is 0 Å². The molecule has 100 valence electrons. The van der Waals surface area contributed by atoms with Crippen LogP contribution in [0.2, 0.25) is 0 Å². The lowest BCUT2D eigenvalue weighted by Gasteiger charge is -2.14. The average Bonchev–Trinajstić information content (AvgIpc) is 2.29. The van der Waals surface area contributed by atoms with Crippen molar-refractivity contribution in [2.45, 2.75) is 46.1 Å². The molecule has 1 aromatic carbocycles. The lowest BCUT2D eigenvalue weighted by Crippen LogP contribution is -2.32. The van der Waals surface area contributed by atoms with E-state index in [0.29, 0.717) is 0 Å². The Bertz CT molecular complexity index is 373. The summed E-state index contributed by atoms with van der Waals surface area (Å²) in [6.45, 7) is 6.54. The number of carbonyl (C=O) groups excluding carboxylic acids is 1. The second kappa shape index (κ2) is 7.77. The highest BCUT2D eigenvalue weighted by Gasteiger charge is 2.09. The van der Waals surface area contributed by atoms with E-state index in [1.165, 1.54) is 12.8 Å². The first kappa shape index (κ1) is 15.5. The number of carbonyl (C=O) groups is 1. The average molecular weight is 359 g/mol. The first-order valence-corrected chi connectivity index (χ1v) is 7.63. The molecule has 1 amide bonds. The summed E-state index contributed by atoms with van der Waals surface area (Å²) < 4.78 is 1.15. The van der Waals surface area contributed by atoms with Crippen molar-refractivity contribution in [3.63, 3.8) is 0 Å². The van der Waals surface area contributed by atoms with Crippen molar-refractivity contribution in [2.75, 3.05) is 0 Å². The number of halogens is 1. The summed E-state index contributed by atoms with van der Waals surface area (Å²) in [4.78, 5) is 11.9. The second-order valence-electron chi connectivity index (χ2n) is 5.21. The molecular weight excluding hydrogens is 337 g/mol. The highest BCUT2D eigenvalue weighted by Crippen LogP contribution is 2.10. The predicted octanol–water partition coefficient (Wildman–Crippen LogP) is 4.24. The molecule has 18 heavy (non-hydrogen) atoms. The molecule has 1 N–H and O–H groups in total. The van der Waals surface area contributed by atoms with E-state index in [0.717, 1.165) is 21.5 Å². The van der Waals surface area contributed by atoms with Crippen LogP contribution in [-0.4, -0.2) is 11.9 Å². The summed E-state index contributed by atoms with van der Waals surface area (Å²) in [5, 5.41) is 3.05. The fourth-order valence-electron chi connectivity index (χ4n) is 1.81. The van der Waals surface area contributed by atoms with Gasteiger partial charge < -0.3 is 5.32 Å². The molecule has 0 aliphatic carbocycles. The molecular formula is C15H22INO. The van der Waals surface area contributed by atoms with Crippen LogP contribution in [0.25, 0.3) is 0 Å². The maximum absolute atomic E-state index is 11.9. The fraction of sp³-hybridized carbons (Fsp3) is 0.533. The summed E-state index contributed by atoms with van der Waals surface area (Å²) in [5.74, 6) is 0.771. The molecule has 1 atom stereocenters. The Balaban J connectivity index is 2.37. The topological polar surface area (TPSA) is 29.1 Å². The Morgan fingerprint density at radius 2 is 1.78 bits per heavy atom. The Labute approximate surface area is 124 Å². The number of benzene rings is 1. The van der Waals surface area contributed by atoms with Crippen LogP contribution < -0.4 is 5.32 Å². The van der Waals surface area contributed by atoms with E-state index in [9.17, 15) is 4.79 Å². The van der Waals surface area contributed by atoms with Crippen LogP contribution in [0.1, 0.15) is 50.4 Å². The van der Waals surface area contributed by atoms with Crippen LogP contribution in [0.5, 0.6) is 0 Å². The molecule has 0 fully saturated rings. The van der Waals surface area contributed by atoms with Gasteiger partial charge in [0.05, 0.1) is 0 Å². The highest BCUT2D eigenvalue weighted by atomic mass is 127. The van der Waals surface area contributed by atoms with Gasteiger partial charge in [0.25, 0.3) is 5.91 Å². The van der Waals surface area contributed by atoms with E-state index >= 15 is 0 Å². The lowest BCUT2D eigenvalue weighted by molar-refractivity contribution is 0.0938. The molecule has 0 saturated carbocycles. The van der Waals surface area contributed by atoms with Crippen LogP contribution in [0.15, 0.2) is 24.3 Å². The summed E-state index contributed by atoms with van der Waals surface area (Å²) in [7, 11) is 0. The molecule has 0 aliphatic heterocycles. The minimum Gasteiger partial charge on any atom is -0.350 e. The maximum Gasteiger partial charge on any atom is 0.251 e.